The number of fused-ring (bicyclic) bond motifs is 1. The van der Waals surface area contributed by atoms with Crippen molar-refractivity contribution >= 4 is 11.6 Å². The maximum absolute atomic E-state index is 9.09. The third-order valence-corrected chi connectivity index (χ3v) is 1.80. The molecule has 0 saturated carbocycles. The number of hydrogen-bond donors (Lipinski definition) is 1. The molecule has 1 aromatic carbocycles. The fourth-order valence-corrected chi connectivity index (χ4v) is 1.21. The summed E-state index contributed by atoms with van der Waals surface area (Å²) in [6, 6.07) is 8.58. The highest BCUT2D eigenvalue weighted by Gasteiger charge is 2.08. The summed E-state index contributed by atoms with van der Waals surface area (Å²) >= 11 is 0. The van der Waals surface area contributed by atoms with Crippen LogP contribution in [0.2, 0.25) is 0 Å². The van der Waals surface area contributed by atoms with Crippen LogP contribution in [-0.2, 0) is 6.42 Å². The van der Waals surface area contributed by atoms with Gasteiger partial charge in [0.1, 0.15) is 0 Å². The molecule has 11 heavy (non-hydrogen) atoms. The molecule has 0 spiro atoms. The van der Waals surface area contributed by atoms with E-state index in [1.807, 2.05) is 12.1 Å². The molecule has 1 aliphatic heterocycles. The van der Waals surface area contributed by atoms with Crippen LogP contribution in [0.5, 0.6) is 0 Å². The van der Waals surface area contributed by atoms with Crippen LogP contribution in [0.3, 0.4) is 0 Å². The minimum Gasteiger partial charge on any atom is -0.496 e. The van der Waals surface area contributed by atoms with Gasteiger partial charge in [0.25, 0.3) is 0 Å². The highest BCUT2D eigenvalue weighted by atomic mass is 16.3. The Balaban J connectivity index is 2.51. The summed E-state index contributed by atoms with van der Waals surface area (Å²) in [6.45, 7) is 0. The number of benzene rings is 1. The van der Waals surface area contributed by atoms with Crippen molar-refractivity contribution in [3.05, 3.63) is 29.8 Å². The second-order valence-electron chi connectivity index (χ2n) is 2.58. The van der Waals surface area contributed by atoms with Gasteiger partial charge in [-0.2, -0.15) is 0 Å². The second kappa shape index (κ2) is 2.38. The normalized spacial score (nSPS) is 15.5. The zero-order valence-electron chi connectivity index (χ0n) is 6.04. The van der Waals surface area contributed by atoms with Gasteiger partial charge < -0.3 is 5.11 Å². The van der Waals surface area contributed by atoms with Gasteiger partial charge in [-0.25, -0.2) is 4.99 Å². The van der Waals surface area contributed by atoms with E-state index in [1.54, 1.807) is 6.07 Å². The highest BCUT2D eigenvalue weighted by molar-refractivity contribution is 5.80. The number of aryl methyl sites for hydroxylation is 1. The van der Waals surface area contributed by atoms with Crippen molar-refractivity contribution in [3.63, 3.8) is 0 Å². The van der Waals surface area contributed by atoms with Gasteiger partial charge in [-0.15, -0.1) is 0 Å². The molecule has 0 unspecified atom stereocenters. The molecule has 55 valence electrons. The Hall–Kier alpha value is -1.31. The van der Waals surface area contributed by atoms with Crippen molar-refractivity contribution in [2.45, 2.75) is 12.8 Å². The molecular formula is C9H8NO. The summed E-state index contributed by atoms with van der Waals surface area (Å²) in [4.78, 5) is 3.99. The minimum atomic E-state index is 0.233. The van der Waals surface area contributed by atoms with Crippen molar-refractivity contribution in [1.82, 2.24) is 0 Å². The van der Waals surface area contributed by atoms with Gasteiger partial charge in [0, 0.05) is 6.42 Å². The summed E-state index contributed by atoms with van der Waals surface area (Å²) in [5.74, 6) is 0.233. The molecule has 0 aliphatic carbocycles. The SMILES string of the molecule is OC1=Nc2c[c]ccc2CC1. The van der Waals surface area contributed by atoms with Gasteiger partial charge in [-0.1, -0.05) is 12.1 Å². The molecule has 1 aromatic rings. The molecule has 1 N–H and O–H groups in total. The Morgan fingerprint density at radius 3 is 3.27 bits per heavy atom. The summed E-state index contributed by atoms with van der Waals surface area (Å²) in [5, 5.41) is 9.09. The lowest BCUT2D eigenvalue weighted by Crippen LogP contribution is -2.03. The molecule has 0 bridgehead atoms. The molecule has 0 aromatic heterocycles. The number of nitrogens with zero attached hydrogens (tertiary/aromatic N) is 1. The smallest absolute Gasteiger partial charge is 0.186 e. The fraction of sp³-hybridized carbons (Fsp3) is 0.222. The maximum Gasteiger partial charge on any atom is 0.186 e. The maximum atomic E-state index is 9.09. The molecule has 0 amide bonds. The third kappa shape index (κ3) is 1.11. The van der Waals surface area contributed by atoms with Gasteiger partial charge in [0.05, 0.1) is 5.69 Å². The van der Waals surface area contributed by atoms with E-state index >= 15 is 0 Å². The van der Waals surface area contributed by atoms with Crippen molar-refractivity contribution in [3.8, 4) is 0 Å². The van der Waals surface area contributed by atoms with Crippen molar-refractivity contribution in [1.29, 1.82) is 0 Å². The Kier molecular flexibility index (Phi) is 1.39. The lowest BCUT2D eigenvalue weighted by molar-refractivity contribution is 0.527. The Bertz CT molecular complexity index is 304. The minimum absolute atomic E-state index is 0.233. The average molecular weight is 146 g/mol. The predicted molar refractivity (Wildman–Crippen MR) is 43.3 cm³/mol. The molecule has 2 rings (SSSR count). The van der Waals surface area contributed by atoms with Gasteiger partial charge in [-0.3, -0.25) is 0 Å². The number of aliphatic hydroxyl groups excluding tert-OH is 1. The fourth-order valence-electron chi connectivity index (χ4n) is 1.21. The highest BCUT2D eigenvalue weighted by Crippen LogP contribution is 2.23. The Morgan fingerprint density at radius 2 is 2.36 bits per heavy atom. The van der Waals surface area contributed by atoms with Crippen molar-refractivity contribution < 1.29 is 5.11 Å². The van der Waals surface area contributed by atoms with Gasteiger partial charge in [0.15, 0.2) is 5.90 Å². The Labute approximate surface area is 65.2 Å². The average Bonchev–Trinajstić information content (AvgIpc) is 2.04. The van der Waals surface area contributed by atoms with Crippen LogP contribution in [0.1, 0.15) is 12.0 Å². The van der Waals surface area contributed by atoms with E-state index in [-0.39, 0.29) is 5.90 Å². The monoisotopic (exact) mass is 146 g/mol. The number of hydrogen-bond acceptors (Lipinski definition) is 1. The number of rotatable bonds is 0. The molecule has 0 fully saturated rings. The van der Waals surface area contributed by atoms with E-state index in [1.165, 1.54) is 5.56 Å². The van der Waals surface area contributed by atoms with Crippen molar-refractivity contribution in [2.75, 3.05) is 0 Å². The molecule has 2 nitrogen and oxygen atoms in total. The first-order valence-corrected chi connectivity index (χ1v) is 3.62. The van der Waals surface area contributed by atoms with E-state index in [0.29, 0.717) is 6.42 Å². The summed E-state index contributed by atoms with van der Waals surface area (Å²) in [7, 11) is 0. The molecule has 2 heteroatoms. The largest absolute Gasteiger partial charge is 0.496 e. The topological polar surface area (TPSA) is 32.6 Å². The molecule has 1 radical (unpaired) electrons. The molecule has 0 saturated heterocycles. The first-order chi connectivity index (χ1) is 5.36. The van der Waals surface area contributed by atoms with E-state index in [2.05, 4.69) is 11.1 Å². The van der Waals surface area contributed by atoms with Crippen LogP contribution in [-0.4, -0.2) is 11.0 Å². The van der Waals surface area contributed by atoms with Gasteiger partial charge >= 0.3 is 0 Å². The lowest BCUT2D eigenvalue weighted by Gasteiger charge is -2.09. The van der Waals surface area contributed by atoms with Crippen LogP contribution in [0.4, 0.5) is 5.69 Å². The van der Waals surface area contributed by atoms with Crippen molar-refractivity contribution in [2.24, 2.45) is 4.99 Å². The van der Waals surface area contributed by atoms with E-state index < -0.39 is 0 Å². The van der Waals surface area contributed by atoms with Crippen LogP contribution < -0.4 is 0 Å². The van der Waals surface area contributed by atoms with Crippen LogP contribution >= 0.6 is 0 Å². The summed E-state index contributed by atoms with van der Waals surface area (Å²) in [5.41, 5.74) is 2.05. The molecule has 1 aliphatic rings. The predicted octanol–water partition coefficient (Wildman–Crippen LogP) is 2.02. The quantitative estimate of drug-likeness (QED) is 0.596. The lowest BCUT2D eigenvalue weighted by atomic mass is 10.1. The third-order valence-electron chi connectivity index (χ3n) is 1.80. The van der Waals surface area contributed by atoms with Gasteiger partial charge in [0.2, 0.25) is 0 Å². The van der Waals surface area contributed by atoms with Gasteiger partial charge in [-0.05, 0) is 24.1 Å². The van der Waals surface area contributed by atoms with E-state index in [9.17, 15) is 0 Å². The standard InChI is InChI=1S/C9H8NO/c11-9-6-5-7-3-1-2-4-8(7)10-9/h1,3-4H,5-6H2,(H,10,11). The first kappa shape index (κ1) is 6.40. The zero-order valence-corrected chi connectivity index (χ0v) is 6.04. The first-order valence-electron chi connectivity index (χ1n) is 3.62. The summed E-state index contributed by atoms with van der Waals surface area (Å²) < 4.78 is 0. The molecular weight excluding hydrogens is 138 g/mol. The zero-order chi connectivity index (χ0) is 7.68. The van der Waals surface area contributed by atoms with Crippen LogP contribution in [0.15, 0.2) is 23.2 Å². The number of aliphatic imine (C=N–C) groups is 1. The van der Waals surface area contributed by atoms with E-state index in [4.69, 9.17) is 5.11 Å². The van der Waals surface area contributed by atoms with E-state index in [0.717, 1.165) is 12.1 Å². The number of aliphatic hydroxyl groups is 1. The van der Waals surface area contributed by atoms with Crippen LogP contribution in [0, 0.1) is 6.07 Å². The molecule has 1 heterocycles. The second-order valence-corrected chi connectivity index (χ2v) is 2.58. The summed E-state index contributed by atoms with van der Waals surface area (Å²) in [6.07, 6.45) is 1.55. The Morgan fingerprint density at radius 1 is 1.45 bits per heavy atom. The van der Waals surface area contributed by atoms with Crippen LogP contribution in [0.25, 0.3) is 0 Å². The molecule has 0 atom stereocenters.